The van der Waals surface area contributed by atoms with Crippen molar-refractivity contribution < 1.29 is 0 Å². The quantitative estimate of drug-likeness (QED) is 0.170. The maximum atomic E-state index is 2.65. The standard InChI is InChI=1S/C36H48N4Si2/c1-29-21-25-33(26-22-29)39(41(5,6)7)35(37(3)31-17-13-11-14-18-31)36(38(4)32-19-15-12-16-20-32)40(42(8,9)10)34-27-23-30(2)24-28-34/h11-28H,1-10H3/b36-35+. The molecule has 0 N–H and O–H groups in total. The van der Waals surface area contributed by atoms with E-state index in [0.29, 0.717) is 0 Å². The van der Waals surface area contributed by atoms with Crippen LogP contribution in [0.1, 0.15) is 11.1 Å². The fraction of sp³-hybridized carbons (Fsp3) is 0.278. The monoisotopic (exact) mass is 592 g/mol. The molecule has 0 atom stereocenters. The Labute approximate surface area is 256 Å². The maximum Gasteiger partial charge on any atom is 0.155 e. The van der Waals surface area contributed by atoms with E-state index in [0.717, 1.165) is 11.4 Å². The molecule has 0 aliphatic carbocycles. The average molecular weight is 593 g/mol. The van der Waals surface area contributed by atoms with Crippen LogP contribution in [0.3, 0.4) is 0 Å². The van der Waals surface area contributed by atoms with Crippen LogP contribution >= 0.6 is 0 Å². The van der Waals surface area contributed by atoms with Gasteiger partial charge in [0, 0.05) is 36.8 Å². The smallest absolute Gasteiger partial charge is 0.155 e. The molecule has 0 unspecified atom stereocenters. The number of anilines is 4. The van der Waals surface area contributed by atoms with Gasteiger partial charge in [0.1, 0.15) is 11.6 Å². The molecule has 4 nitrogen and oxygen atoms in total. The number of aryl methyl sites for hydroxylation is 2. The number of hydrogen-bond acceptors (Lipinski definition) is 4. The van der Waals surface area contributed by atoms with E-state index in [1.165, 1.54) is 34.1 Å². The Balaban J connectivity index is 2.19. The van der Waals surface area contributed by atoms with Gasteiger partial charge in [0.25, 0.3) is 0 Å². The molecule has 0 saturated carbocycles. The van der Waals surface area contributed by atoms with Crippen LogP contribution in [-0.4, -0.2) is 30.6 Å². The van der Waals surface area contributed by atoms with Gasteiger partial charge in [-0.05, 0) is 62.4 Å². The Hall–Kier alpha value is -3.75. The van der Waals surface area contributed by atoms with Gasteiger partial charge in [-0.1, -0.05) is 111 Å². The maximum absolute atomic E-state index is 2.65. The fourth-order valence-electron chi connectivity index (χ4n) is 5.39. The summed E-state index contributed by atoms with van der Waals surface area (Å²) in [4.78, 5) is 4.79. The van der Waals surface area contributed by atoms with Gasteiger partial charge >= 0.3 is 0 Å². The molecular weight excluding hydrogens is 545 g/mol. The average Bonchev–Trinajstić information content (AvgIpc) is 2.95. The number of nitrogens with zero attached hydrogens (tertiary/aromatic N) is 4. The minimum Gasteiger partial charge on any atom is -0.353 e. The van der Waals surface area contributed by atoms with Gasteiger partial charge in [-0.25, -0.2) is 0 Å². The lowest BCUT2D eigenvalue weighted by molar-refractivity contribution is 0.919. The van der Waals surface area contributed by atoms with E-state index < -0.39 is 16.5 Å². The fourth-order valence-corrected chi connectivity index (χ4v) is 9.01. The molecule has 0 aliphatic rings. The highest BCUT2D eigenvalue weighted by molar-refractivity contribution is 6.81. The van der Waals surface area contributed by atoms with Crippen molar-refractivity contribution in [2.75, 3.05) is 33.0 Å². The van der Waals surface area contributed by atoms with Crippen molar-refractivity contribution in [3.8, 4) is 0 Å². The van der Waals surface area contributed by atoms with Crippen LogP contribution in [-0.2, 0) is 0 Å². The van der Waals surface area contributed by atoms with E-state index in [1.807, 2.05) is 0 Å². The van der Waals surface area contributed by atoms with Crippen LogP contribution in [0.4, 0.5) is 22.7 Å². The first-order valence-electron chi connectivity index (χ1n) is 14.8. The van der Waals surface area contributed by atoms with Crippen LogP contribution < -0.4 is 18.9 Å². The van der Waals surface area contributed by atoms with Gasteiger partial charge in [-0.2, -0.15) is 0 Å². The highest BCUT2D eigenvalue weighted by Gasteiger charge is 2.39. The van der Waals surface area contributed by atoms with Gasteiger partial charge in [-0.3, -0.25) is 0 Å². The van der Waals surface area contributed by atoms with E-state index >= 15 is 0 Å². The molecule has 0 aromatic heterocycles. The van der Waals surface area contributed by atoms with Crippen LogP contribution in [0.2, 0.25) is 39.3 Å². The molecular formula is C36H48N4Si2. The first-order chi connectivity index (χ1) is 19.8. The number of para-hydroxylation sites is 2. The van der Waals surface area contributed by atoms with Crippen molar-refractivity contribution in [3.05, 3.63) is 132 Å². The molecule has 0 radical (unpaired) electrons. The van der Waals surface area contributed by atoms with E-state index in [1.54, 1.807) is 0 Å². The van der Waals surface area contributed by atoms with Crippen molar-refractivity contribution >= 4 is 39.2 Å². The zero-order valence-corrected chi connectivity index (χ0v) is 29.2. The van der Waals surface area contributed by atoms with Crippen LogP contribution in [0.25, 0.3) is 0 Å². The third-order valence-corrected chi connectivity index (χ3v) is 11.1. The van der Waals surface area contributed by atoms with Crippen molar-refractivity contribution in [2.45, 2.75) is 53.1 Å². The Morgan fingerprint density at radius 2 is 0.690 bits per heavy atom. The van der Waals surface area contributed by atoms with E-state index in [9.17, 15) is 0 Å². The molecule has 0 heterocycles. The van der Waals surface area contributed by atoms with Crippen molar-refractivity contribution in [1.82, 2.24) is 0 Å². The molecule has 0 saturated heterocycles. The summed E-state index contributed by atoms with van der Waals surface area (Å²) >= 11 is 0. The summed E-state index contributed by atoms with van der Waals surface area (Å²) in [5.41, 5.74) is 7.27. The minimum absolute atomic E-state index is 1.15. The summed E-state index contributed by atoms with van der Waals surface area (Å²) in [6.07, 6.45) is 0. The summed E-state index contributed by atoms with van der Waals surface area (Å²) in [6.45, 7) is 19.0. The highest BCUT2D eigenvalue weighted by atomic mass is 28.3. The SMILES string of the molecule is Cc1ccc(N(/C(=C(\N(C)c2ccccc2)N(c2ccc(C)cc2)[Si](C)(C)C)N(C)c2ccccc2)[Si](C)(C)C)cc1. The Morgan fingerprint density at radius 3 is 0.952 bits per heavy atom. The second-order valence-corrected chi connectivity index (χ2v) is 22.7. The zero-order chi connectivity index (χ0) is 30.7. The predicted octanol–water partition coefficient (Wildman–Crippen LogP) is 9.69. The summed E-state index contributed by atoms with van der Waals surface area (Å²) in [5, 5.41) is 0. The molecule has 4 aromatic carbocycles. The van der Waals surface area contributed by atoms with Crippen LogP contribution in [0, 0.1) is 13.8 Å². The van der Waals surface area contributed by atoms with E-state index in [-0.39, 0.29) is 0 Å². The van der Waals surface area contributed by atoms with Gasteiger partial charge in [0.15, 0.2) is 16.5 Å². The molecule has 0 bridgehead atoms. The van der Waals surface area contributed by atoms with Gasteiger partial charge < -0.3 is 18.9 Å². The molecule has 220 valence electrons. The topological polar surface area (TPSA) is 13.0 Å². The van der Waals surface area contributed by atoms with E-state index in [4.69, 9.17) is 0 Å². The molecule has 0 aliphatic heterocycles. The summed E-state index contributed by atoms with van der Waals surface area (Å²) in [5.74, 6) is 2.36. The summed E-state index contributed by atoms with van der Waals surface area (Å²) in [6, 6.07) is 39.6. The molecule has 4 aromatic rings. The lowest BCUT2D eigenvalue weighted by Crippen LogP contribution is -2.56. The Kier molecular flexibility index (Phi) is 9.38. The van der Waals surface area contributed by atoms with Gasteiger partial charge in [0.05, 0.1) is 0 Å². The normalized spacial score (nSPS) is 12.4. The summed E-state index contributed by atoms with van der Waals surface area (Å²) in [7, 11) is 0.385. The van der Waals surface area contributed by atoms with Gasteiger partial charge in [0.2, 0.25) is 0 Å². The van der Waals surface area contributed by atoms with Crippen LogP contribution in [0.5, 0.6) is 0 Å². The van der Waals surface area contributed by atoms with E-state index in [2.05, 4.69) is 195 Å². The number of hydrogen-bond donors (Lipinski definition) is 0. The molecule has 0 spiro atoms. The number of benzene rings is 4. The van der Waals surface area contributed by atoms with Crippen molar-refractivity contribution in [2.24, 2.45) is 0 Å². The highest BCUT2D eigenvalue weighted by Crippen LogP contribution is 2.38. The third-order valence-electron chi connectivity index (χ3n) is 7.47. The predicted molar refractivity (Wildman–Crippen MR) is 191 cm³/mol. The second-order valence-electron chi connectivity index (χ2n) is 13.1. The van der Waals surface area contributed by atoms with Crippen molar-refractivity contribution in [1.29, 1.82) is 0 Å². The first-order valence-corrected chi connectivity index (χ1v) is 21.7. The second kappa shape index (κ2) is 12.6. The first kappa shape index (κ1) is 31.2. The molecule has 0 amide bonds. The molecule has 4 rings (SSSR count). The zero-order valence-electron chi connectivity index (χ0n) is 27.2. The Morgan fingerprint density at radius 1 is 0.405 bits per heavy atom. The lowest BCUT2D eigenvalue weighted by atomic mass is 10.2. The molecule has 42 heavy (non-hydrogen) atoms. The minimum atomic E-state index is -2.03. The molecule has 6 heteroatoms. The largest absolute Gasteiger partial charge is 0.353 e. The summed E-state index contributed by atoms with van der Waals surface area (Å²) < 4.78 is 5.30. The molecule has 0 fully saturated rings. The van der Waals surface area contributed by atoms with Crippen LogP contribution in [0.15, 0.2) is 121 Å². The lowest BCUT2D eigenvalue weighted by Gasteiger charge is -2.49. The Bertz CT molecular complexity index is 1360. The van der Waals surface area contributed by atoms with Gasteiger partial charge in [-0.15, -0.1) is 0 Å². The number of rotatable bonds is 10. The third kappa shape index (κ3) is 7.00. The van der Waals surface area contributed by atoms with Crippen molar-refractivity contribution in [3.63, 3.8) is 0 Å².